The minimum absolute atomic E-state index is 0.00326. The van der Waals surface area contributed by atoms with Crippen molar-refractivity contribution >= 4 is 34.8 Å². The summed E-state index contributed by atoms with van der Waals surface area (Å²) in [5.41, 5.74) is 2.82. The van der Waals surface area contributed by atoms with E-state index in [0.717, 1.165) is 16.8 Å². The first-order chi connectivity index (χ1) is 15.6. The van der Waals surface area contributed by atoms with E-state index in [0.29, 0.717) is 35.8 Å². The number of nitrogens with zero attached hydrogens (tertiary/aromatic N) is 4. The van der Waals surface area contributed by atoms with Crippen molar-refractivity contribution in [2.45, 2.75) is 51.1 Å². The lowest BCUT2D eigenvalue weighted by atomic mass is 9.96. The molecule has 2 heterocycles. The third-order valence-electron chi connectivity index (χ3n) is 5.61. The molecule has 0 unspecified atom stereocenters. The number of nitrogens with one attached hydrogen (secondary N) is 2. The standard InChI is InChI=1S/C24H27ClN6O/c1-2-21(32)12-17-7-6-8-18(11-17)13-26-23-22(25)15-27-24(30-23)29-19-14-28-31(16-19)20-9-4-3-5-10-20/h2,6-8,11,14-16,20H,1,3-5,9-10,12-13H2,(H2,26,27,29,30). The minimum atomic E-state index is -0.00326. The fourth-order valence-electron chi connectivity index (χ4n) is 3.94. The second-order valence-electron chi connectivity index (χ2n) is 8.04. The van der Waals surface area contributed by atoms with Crippen molar-refractivity contribution in [1.82, 2.24) is 19.7 Å². The van der Waals surface area contributed by atoms with E-state index >= 15 is 0 Å². The van der Waals surface area contributed by atoms with Crippen molar-refractivity contribution in [3.05, 3.63) is 71.7 Å². The topological polar surface area (TPSA) is 84.7 Å². The Labute approximate surface area is 192 Å². The number of carbonyl (C=O) groups excluding carboxylic acids is 1. The van der Waals surface area contributed by atoms with Gasteiger partial charge in [0.05, 0.1) is 24.1 Å². The lowest BCUT2D eigenvalue weighted by Crippen LogP contribution is -2.12. The third kappa shape index (κ3) is 5.73. The Hall–Kier alpha value is -3.19. The maximum Gasteiger partial charge on any atom is 0.229 e. The zero-order chi connectivity index (χ0) is 22.3. The van der Waals surface area contributed by atoms with E-state index in [1.54, 1.807) is 12.4 Å². The number of hydrogen-bond donors (Lipinski definition) is 2. The molecule has 166 valence electrons. The number of hydrogen-bond acceptors (Lipinski definition) is 6. The quantitative estimate of drug-likeness (QED) is 0.419. The van der Waals surface area contributed by atoms with Gasteiger partial charge in [0, 0.05) is 19.2 Å². The molecule has 32 heavy (non-hydrogen) atoms. The van der Waals surface area contributed by atoms with E-state index in [1.807, 2.05) is 35.1 Å². The van der Waals surface area contributed by atoms with Gasteiger partial charge in [0.15, 0.2) is 11.6 Å². The van der Waals surface area contributed by atoms with Crippen LogP contribution in [0.15, 0.2) is 55.5 Å². The van der Waals surface area contributed by atoms with E-state index in [-0.39, 0.29) is 5.78 Å². The zero-order valence-corrected chi connectivity index (χ0v) is 18.7. The van der Waals surface area contributed by atoms with Gasteiger partial charge >= 0.3 is 0 Å². The van der Waals surface area contributed by atoms with Crippen molar-refractivity contribution < 1.29 is 4.79 Å². The molecular weight excluding hydrogens is 424 g/mol. The molecule has 1 saturated carbocycles. The van der Waals surface area contributed by atoms with Crippen LogP contribution in [0.3, 0.4) is 0 Å². The molecule has 0 aliphatic heterocycles. The Bertz CT molecular complexity index is 1090. The highest BCUT2D eigenvalue weighted by atomic mass is 35.5. The van der Waals surface area contributed by atoms with Gasteiger partial charge in [0.1, 0.15) is 5.02 Å². The molecule has 8 heteroatoms. The smallest absolute Gasteiger partial charge is 0.229 e. The average molecular weight is 451 g/mol. The van der Waals surface area contributed by atoms with Crippen LogP contribution >= 0.6 is 11.6 Å². The first-order valence-corrected chi connectivity index (χ1v) is 11.3. The molecule has 0 saturated heterocycles. The molecule has 4 rings (SSSR count). The predicted octanol–water partition coefficient (Wildman–Crippen LogP) is 5.49. The number of benzene rings is 1. The summed E-state index contributed by atoms with van der Waals surface area (Å²) in [6, 6.07) is 8.31. The van der Waals surface area contributed by atoms with Crippen LogP contribution < -0.4 is 10.6 Å². The summed E-state index contributed by atoms with van der Waals surface area (Å²) in [6.45, 7) is 4.05. The SMILES string of the molecule is C=CC(=O)Cc1cccc(CNc2nc(Nc3cnn(C4CCCCC4)c3)ncc2Cl)c1. The van der Waals surface area contributed by atoms with Crippen LogP contribution in [0, 0.1) is 0 Å². The molecular formula is C24H27ClN6O. The summed E-state index contributed by atoms with van der Waals surface area (Å²) in [5.74, 6) is 0.985. The summed E-state index contributed by atoms with van der Waals surface area (Å²) in [7, 11) is 0. The molecule has 2 N–H and O–H groups in total. The molecule has 1 aliphatic rings. The molecule has 7 nitrogen and oxygen atoms in total. The second-order valence-corrected chi connectivity index (χ2v) is 8.44. The molecule has 0 bridgehead atoms. The molecule has 0 spiro atoms. The first kappa shape index (κ1) is 22.0. The van der Waals surface area contributed by atoms with E-state index in [9.17, 15) is 4.79 Å². The van der Waals surface area contributed by atoms with E-state index in [1.165, 1.54) is 38.2 Å². The third-order valence-corrected chi connectivity index (χ3v) is 5.88. The number of allylic oxidation sites excluding steroid dienone is 1. The van der Waals surface area contributed by atoms with Gasteiger partial charge < -0.3 is 10.6 Å². The van der Waals surface area contributed by atoms with Gasteiger partial charge in [-0.1, -0.05) is 61.7 Å². The zero-order valence-electron chi connectivity index (χ0n) is 17.9. The maximum atomic E-state index is 11.6. The van der Waals surface area contributed by atoms with Gasteiger partial charge in [-0.05, 0) is 30.0 Å². The average Bonchev–Trinajstić information content (AvgIpc) is 3.28. The monoisotopic (exact) mass is 450 g/mol. The molecule has 1 fully saturated rings. The summed E-state index contributed by atoms with van der Waals surface area (Å²) in [6.07, 6.45) is 13.3. The van der Waals surface area contributed by atoms with Crippen LogP contribution in [-0.2, 0) is 17.8 Å². The molecule has 0 amide bonds. The van der Waals surface area contributed by atoms with Gasteiger partial charge in [-0.25, -0.2) is 4.98 Å². The summed E-state index contributed by atoms with van der Waals surface area (Å²) in [5, 5.41) is 11.4. The summed E-state index contributed by atoms with van der Waals surface area (Å²) < 4.78 is 2.04. The lowest BCUT2D eigenvalue weighted by molar-refractivity contribution is -0.114. The van der Waals surface area contributed by atoms with Gasteiger partial charge in [-0.15, -0.1) is 0 Å². The van der Waals surface area contributed by atoms with Crippen LogP contribution in [-0.4, -0.2) is 25.5 Å². The van der Waals surface area contributed by atoms with E-state index < -0.39 is 0 Å². The number of halogens is 1. The number of rotatable bonds is 9. The predicted molar refractivity (Wildman–Crippen MR) is 127 cm³/mol. The van der Waals surface area contributed by atoms with Crippen molar-refractivity contribution in [3.63, 3.8) is 0 Å². The highest BCUT2D eigenvalue weighted by molar-refractivity contribution is 6.32. The normalized spacial score (nSPS) is 14.2. The Morgan fingerprint density at radius 2 is 2.03 bits per heavy atom. The molecule has 0 atom stereocenters. The van der Waals surface area contributed by atoms with Crippen LogP contribution in [0.2, 0.25) is 5.02 Å². The highest BCUT2D eigenvalue weighted by Gasteiger charge is 2.16. The fourth-order valence-corrected chi connectivity index (χ4v) is 4.09. The molecule has 2 aromatic heterocycles. The lowest BCUT2D eigenvalue weighted by Gasteiger charge is -2.21. The van der Waals surface area contributed by atoms with E-state index in [2.05, 4.69) is 32.3 Å². The Kier molecular flexibility index (Phi) is 7.17. The van der Waals surface area contributed by atoms with Crippen LogP contribution in [0.5, 0.6) is 0 Å². The van der Waals surface area contributed by atoms with Gasteiger partial charge in [-0.2, -0.15) is 10.1 Å². The van der Waals surface area contributed by atoms with Crippen LogP contribution in [0.25, 0.3) is 0 Å². The number of anilines is 3. The molecule has 3 aromatic rings. The fraction of sp³-hybridized carbons (Fsp3) is 0.333. The van der Waals surface area contributed by atoms with Crippen molar-refractivity contribution in [2.75, 3.05) is 10.6 Å². The van der Waals surface area contributed by atoms with Crippen molar-refractivity contribution in [3.8, 4) is 0 Å². The Morgan fingerprint density at radius 1 is 1.22 bits per heavy atom. The second kappa shape index (κ2) is 10.4. The first-order valence-electron chi connectivity index (χ1n) is 10.9. The van der Waals surface area contributed by atoms with Crippen LogP contribution in [0.4, 0.5) is 17.5 Å². The van der Waals surface area contributed by atoms with Gasteiger partial charge in [-0.3, -0.25) is 9.48 Å². The molecule has 1 aromatic carbocycles. The number of carbonyl (C=O) groups is 1. The van der Waals surface area contributed by atoms with Crippen LogP contribution in [0.1, 0.15) is 49.3 Å². The highest BCUT2D eigenvalue weighted by Crippen LogP contribution is 2.29. The molecule has 1 aliphatic carbocycles. The van der Waals surface area contributed by atoms with E-state index in [4.69, 9.17) is 11.6 Å². The Morgan fingerprint density at radius 3 is 2.84 bits per heavy atom. The maximum absolute atomic E-state index is 11.6. The van der Waals surface area contributed by atoms with Crippen molar-refractivity contribution in [2.24, 2.45) is 0 Å². The Balaban J connectivity index is 1.40. The van der Waals surface area contributed by atoms with Gasteiger partial charge in [0.25, 0.3) is 0 Å². The van der Waals surface area contributed by atoms with Crippen molar-refractivity contribution in [1.29, 1.82) is 0 Å². The van der Waals surface area contributed by atoms with Gasteiger partial charge in [0.2, 0.25) is 5.95 Å². The number of ketones is 1. The largest absolute Gasteiger partial charge is 0.365 e. The summed E-state index contributed by atoms with van der Waals surface area (Å²) in [4.78, 5) is 20.4. The summed E-state index contributed by atoms with van der Waals surface area (Å²) >= 11 is 6.30. The minimum Gasteiger partial charge on any atom is -0.365 e. The number of aromatic nitrogens is 4. The molecule has 0 radical (unpaired) electrons.